The molecule has 2 nitrogen and oxygen atoms in total. The van der Waals surface area contributed by atoms with Crippen LogP contribution in [0.3, 0.4) is 0 Å². The Morgan fingerprint density at radius 3 is 2.80 bits per heavy atom. The number of fused-ring (bicyclic) bond motifs is 1. The Bertz CT molecular complexity index is 409. The minimum absolute atomic E-state index is 0.0891. The zero-order chi connectivity index (χ0) is 11.0. The average Bonchev–Trinajstić information content (AvgIpc) is 2.23. The van der Waals surface area contributed by atoms with E-state index in [4.69, 9.17) is 0 Å². The van der Waals surface area contributed by atoms with Gasteiger partial charge in [-0.15, -0.1) is 0 Å². The number of carbonyl (C=O) groups is 1. The van der Waals surface area contributed by atoms with Crippen molar-refractivity contribution in [3.63, 3.8) is 0 Å². The fraction of sp³-hybridized carbons (Fsp3) is 0.462. The van der Waals surface area contributed by atoms with Gasteiger partial charge in [0.15, 0.2) is 0 Å². The highest BCUT2D eigenvalue weighted by molar-refractivity contribution is 5.97. The highest BCUT2D eigenvalue weighted by atomic mass is 16.1. The number of amides is 1. The van der Waals surface area contributed by atoms with Gasteiger partial charge in [-0.2, -0.15) is 0 Å². The summed E-state index contributed by atoms with van der Waals surface area (Å²) in [6, 6.07) is 4.28. The standard InChI is InChI=1S/C13H17NO/c1-4-10-7-12-9(3)8(2)5-6-11(12)13(15)14-10/h5-6,10H,4,7H2,1-3H3,(H,14,15). The van der Waals surface area contributed by atoms with Crippen LogP contribution in [0.15, 0.2) is 12.1 Å². The summed E-state index contributed by atoms with van der Waals surface area (Å²) in [5, 5.41) is 3.03. The lowest BCUT2D eigenvalue weighted by Gasteiger charge is -2.26. The quantitative estimate of drug-likeness (QED) is 0.746. The number of rotatable bonds is 1. The molecular formula is C13H17NO. The molecule has 0 spiro atoms. The minimum Gasteiger partial charge on any atom is -0.349 e. The van der Waals surface area contributed by atoms with Crippen molar-refractivity contribution in [3.05, 3.63) is 34.4 Å². The molecule has 0 fully saturated rings. The van der Waals surface area contributed by atoms with E-state index in [1.165, 1.54) is 16.7 Å². The first-order chi connectivity index (χ1) is 7.13. The van der Waals surface area contributed by atoms with Crippen LogP contribution in [0.1, 0.15) is 40.4 Å². The monoisotopic (exact) mass is 203 g/mol. The average molecular weight is 203 g/mol. The smallest absolute Gasteiger partial charge is 0.251 e. The largest absolute Gasteiger partial charge is 0.349 e. The Kier molecular flexibility index (Phi) is 2.51. The third-order valence-electron chi connectivity index (χ3n) is 3.39. The zero-order valence-electron chi connectivity index (χ0n) is 9.55. The van der Waals surface area contributed by atoms with Crippen LogP contribution in [-0.2, 0) is 6.42 Å². The van der Waals surface area contributed by atoms with Crippen molar-refractivity contribution in [2.45, 2.75) is 39.7 Å². The number of carbonyl (C=O) groups excluding carboxylic acids is 1. The first-order valence-electron chi connectivity index (χ1n) is 5.53. The van der Waals surface area contributed by atoms with Crippen molar-refractivity contribution >= 4 is 5.91 Å². The second kappa shape index (κ2) is 3.69. The lowest BCUT2D eigenvalue weighted by Crippen LogP contribution is -2.41. The van der Waals surface area contributed by atoms with Gasteiger partial charge in [0.05, 0.1) is 0 Å². The lowest BCUT2D eigenvalue weighted by molar-refractivity contribution is 0.0924. The molecule has 2 heteroatoms. The molecule has 1 aliphatic heterocycles. The van der Waals surface area contributed by atoms with Crippen LogP contribution in [0, 0.1) is 13.8 Å². The third kappa shape index (κ3) is 1.65. The van der Waals surface area contributed by atoms with E-state index in [1.54, 1.807) is 0 Å². The molecule has 1 atom stereocenters. The minimum atomic E-state index is 0.0891. The molecule has 2 rings (SSSR count). The van der Waals surface area contributed by atoms with E-state index in [-0.39, 0.29) is 5.91 Å². The maximum Gasteiger partial charge on any atom is 0.251 e. The van der Waals surface area contributed by atoms with Gasteiger partial charge in [0.2, 0.25) is 0 Å². The van der Waals surface area contributed by atoms with Gasteiger partial charge >= 0.3 is 0 Å². The molecule has 0 radical (unpaired) electrons. The maximum atomic E-state index is 11.8. The molecule has 15 heavy (non-hydrogen) atoms. The van der Waals surface area contributed by atoms with Gasteiger partial charge in [0, 0.05) is 11.6 Å². The molecule has 0 aromatic heterocycles. The van der Waals surface area contributed by atoms with Gasteiger partial charge in [-0.25, -0.2) is 0 Å². The van der Waals surface area contributed by atoms with Crippen LogP contribution in [0.4, 0.5) is 0 Å². The third-order valence-corrected chi connectivity index (χ3v) is 3.39. The van der Waals surface area contributed by atoms with E-state index in [2.05, 4.69) is 26.1 Å². The Morgan fingerprint density at radius 1 is 1.40 bits per heavy atom. The first kappa shape index (κ1) is 10.2. The Morgan fingerprint density at radius 2 is 2.13 bits per heavy atom. The molecule has 80 valence electrons. The summed E-state index contributed by atoms with van der Waals surface area (Å²) in [5.74, 6) is 0.0891. The van der Waals surface area contributed by atoms with Gasteiger partial charge in [-0.05, 0) is 49.4 Å². The van der Waals surface area contributed by atoms with Crippen LogP contribution in [0.2, 0.25) is 0 Å². The van der Waals surface area contributed by atoms with Crippen molar-refractivity contribution in [1.82, 2.24) is 5.32 Å². The summed E-state index contributed by atoms with van der Waals surface area (Å²) in [6.45, 7) is 6.32. The maximum absolute atomic E-state index is 11.8. The van der Waals surface area contributed by atoms with Crippen LogP contribution in [0.25, 0.3) is 0 Å². The number of hydrogen-bond acceptors (Lipinski definition) is 1. The van der Waals surface area contributed by atoms with E-state index in [1.807, 2.05) is 12.1 Å². The van der Waals surface area contributed by atoms with Gasteiger partial charge in [-0.3, -0.25) is 4.79 Å². The van der Waals surface area contributed by atoms with E-state index in [9.17, 15) is 4.79 Å². The summed E-state index contributed by atoms with van der Waals surface area (Å²) in [6.07, 6.45) is 1.98. The highest BCUT2D eigenvalue weighted by Gasteiger charge is 2.24. The fourth-order valence-electron chi connectivity index (χ4n) is 2.16. The molecule has 0 bridgehead atoms. The molecule has 1 aromatic rings. The van der Waals surface area contributed by atoms with Gasteiger partial charge in [0.1, 0.15) is 0 Å². The van der Waals surface area contributed by atoms with Gasteiger partial charge in [0.25, 0.3) is 5.91 Å². The summed E-state index contributed by atoms with van der Waals surface area (Å²) in [7, 11) is 0. The second-order valence-electron chi connectivity index (χ2n) is 4.32. The predicted octanol–water partition coefficient (Wildman–Crippen LogP) is 2.37. The number of nitrogens with one attached hydrogen (secondary N) is 1. The van der Waals surface area contributed by atoms with E-state index in [0.29, 0.717) is 6.04 Å². The molecule has 1 amide bonds. The van der Waals surface area contributed by atoms with Crippen LogP contribution in [0.5, 0.6) is 0 Å². The molecule has 0 saturated heterocycles. The van der Waals surface area contributed by atoms with Crippen molar-refractivity contribution in [1.29, 1.82) is 0 Å². The highest BCUT2D eigenvalue weighted by Crippen LogP contribution is 2.23. The zero-order valence-corrected chi connectivity index (χ0v) is 9.55. The van der Waals surface area contributed by atoms with E-state index < -0.39 is 0 Å². The second-order valence-corrected chi connectivity index (χ2v) is 4.32. The van der Waals surface area contributed by atoms with Gasteiger partial charge in [-0.1, -0.05) is 13.0 Å². The first-order valence-corrected chi connectivity index (χ1v) is 5.53. The Hall–Kier alpha value is -1.31. The molecule has 0 saturated carbocycles. The normalized spacial score (nSPS) is 19.7. The van der Waals surface area contributed by atoms with Crippen molar-refractivity contribution in [2.75, 3.05) is 0 Å². The molecule has 1 N–H and O–H groups in total. The lowest BCUT2D eigenvalue weighted by atomic mass is 9.88. The topological polar surface area (TPSA) is 29.1 Å². The summed E-state index contributed by atoms with van der Waals surface area (Å²) in [4.78, 5) is 11.8. The van der Waals surface area contributed by atoms with Crippen molar-refractivity contribution in [2.24, 2.45) is 0 Å². The summed E-state index contributed by atoms with van der Waals surface area (Å²) >= 11 is 0. The SMILES string of the molecule is CCC1Cc2c(ccc(C)c2C)C(=O)N1. The van der Waals surface area contributed by atoms with E-state index >= 15 is 0 Å². The Labute approximate surface area is 90.7 Å². The van der Waals surface area contributed by atoms with Crippen molar-refractivity contribution in [3.8, 4) is 0 Å². The molecule has 0 aliphatic carbocycles. The predicted molar refractivity (Wildman–Crippen MR) is 61.2 cm³/mol. The van der Waals surface area contributed by atoms with Crippen LogP contribution < -0.4 is 5.32 Å². The molecule has 1 heterocycles. The summed E-state index contributed by atoms with van der Waals surface area (Å²) < 4.78 is 0. The fourth-order valence-corrected chi connectivity index (χ4v) is 2.16. The summed E-state index contributed by atoms with van der Waals surface area (Å²) in [5.41, 5.74) is 4.66. The number of aryl methyl sites for hydroxylation is 1. The molecule has 1 unspecified atom stereocenters. The van der Waals surface area contributed by atoms with Crippen LogP contribution >= 0.6 is 0 Å². The molecule has 1 aromatic carbocycles. The van der Waals surface area contributed by atoms with Gasteiger partial charge < -0.3 is 5.32 Å². The molecule has 1 aliphatic rings. The van der Waals surface area contributed by atoms with Crippen LogP contribution in [-0.4, -0.2) is 11.9 Å². The molecular weight excluding hydrogens is 186 g/mol. The number of benzene rings is 1. The van der Waals surface area contributed by atoms with E-state index in [0.717, 1.165) is 18.4 Å². The number of hydrogen-bond donors (Lipinski definition) is 1. The Balaban J connectivity index is 2.51. The van der Waals surface area contributed by atoms with Crippen molar-refractivity contribution < 1.29 is 4.79 Å².